The average molecular weight is 194 g/mol. The molecule has 0 unspecified atom stereocenters. The van der Waals surface area contributed by atoms with E-state index in [1.165, 1.54) is 11.1 Å². The summed E-state index contributed by atoms with van der Waals surface area (Å²) in [5.41, 5.74) is 3.53. The molecule has 1 atom stereocenters. The first-order valence-corrected chi connectivity index (χ1v) is 4.86. The van der Waals surface area contributed by atoms with E-state index in [0.29, 0.717) is 6.42 Å². The highest BCUT2D eigenvalue weighted by atomic mass is 16.5. The monoisotopic (exact) mass is 194 g/mol. The molecule has 0 fully saturated rings. The van der Waals surface area contributed by atoms with Crippen LogP contribution in [0.3, 0.4) is 0 Å². The summed E-state index contributed by atoms with van der Waals surface area (Å²) in [4.78, 5) is 0. The van der Waals surface area contributed by atoms with Gasteiger partial charge in [-0.2, -0.15) is 0 Å². The Bertz CT molecular complexity index is 316. The molecule has 78 valence electrons. The fourth-order valence-corrected chi connectivity index (χ4v) is 1.52. The van der Waals surface area contributed by atoms with E-state index >= 15 is 0 Å². The van der Waals surface area contributed by atoms with Crippen LogP contribution in [0.1, 0.15) is 23.6 Å². The molecule has 1 aromatic carbocycles. The van der Waals surface area contributed by atoms with Gasteiger partial charge >= 0.3 is 0 Å². The second kappa shape index (κ2) is 4.47. The number of hydrogen-bond donors (Lipinski definition) is 1. The molecule has 0 saturated heterocycles. The highest BCUT2D eigenvalue weighted by molar-refractivity contribution is 5.42. The van der Waals surface area contributed by atoms with Crippen molar-refractivity contribution in [3.05, 3.63) is 28.8 Å². The van der Waals surface area contributed by atoms with Crippen LogP contribution in [0, 0.1) is 13.8 Å². The highest BCUT2D eigenvalue weighted by Crippen LogP contribution is 2.24. The van der Waals surface area contributed by atoms with Gasteiger partial charge in [0.2, 0.25) is 0 Å². The molecule has 1 aromatic rings. The fraction of sp³-hybridized carbons (Fsp3) is 0.500. The molecule has 1 rings (SSSR count). The van der Waals surface area contributed by atoms with Crippen LogP contribution in [-0.2, 0) is 6.42 Å². The molecular weight excluding hydrogens is 176 g/mol. The summed E-state index contributed by atoms with van der Waals surface area (Å²) in [6.45, 7) is 5.92. The molecule has 0 heterocycles. The van der Waals surface area contributed by atoms with Crippen molar-refractivity contribution in [2.24, 2.45) is 0 Å². The standard InChI is InChI=1S/C12H18O2/c1-8-5-11(7-10(3)13)12(14-4)6-9(8)2/h5-6,10,13H,7H2,1-4H3/t10-/m0/s1. The lowest BCUT2D eigenvalue weighted by molar-refractivity contribution is 0.194. The lowest BCUT2D eigenvalue weighted by atomic mass is 10.0. The van der Waals surface area contributed by atoms with Gasteiger partial charge in [0.05, 0.1) is 13.2 Å². The summed E-state index contributed by atoms with van der Waals surface area (Å²) in [7, 11) is 1.66. The SMILES string of the molecule is COc1cc(C)c(C)cc1C[C@H](C)O. The molecule has 2 heteroatoms. The van der Waals surface area contributed by atoms with Gasteiger partial charge in [-0.1, -0.05) is 6.07 Å². The largest absolute Gasteiger partial charge is 0.496 e. The lowest BCUT2D eigenvalue weighted by Crippen LogP contribution is -2.06. The molecule has 1 N–H and O–H groups in total. The Morgan fingerprint density at radius 2 is 1.86 bits per heavy atom. The van der Waals surface area contributed by atoms with Gasteiger partial charge in [-0.15, -0.1) is 0 Å². The van der Waals surface area contributed by atoms with Crippen LogP contribution in [0.5, 0.6) is 5.75 Å². The van der Waals surface area contributed by atoms with Gasteiger partial charge in [0, 0.05) is 6.42 Å². The van der Waals surface area contributed by atoms with Crippen LogP contribution in [0.25, 0.3) is 0 Å². The molecule has 0 aromatic heterocycles. The summed E-state index contributed by atoms with van der Waals surface area (Å²) in [5.74, 6) is 0.869. The van der Waals surface area contributed by atoms with Gasteiger partial charge < -0.3 is 9.84 Å². The van der Waals surface area contributed by atoms with Crippen LogP contribution in [0.15, 0.2) is 12.1 Å². The van der Waals surface area contributed by atoms with Crippen LogP contribution < -0.4 is 4.74 Å². The predicted molar refractivity (Wildman–Crippen MR) is 57.9 cm³/mol. The maximum atomic E-state index is 9.33. The zero-order chi connectivity index (χ0) is 10.7. The maximum absolute atomic E-state index is 9.33. The minimum absolute atomic E-state index is 0.328. The molecule has 0 amide bonds. The van der Waals surface area contributed by atoms with E-state index in [1.807, 2.05) is 6.07 Å². The Hall–Kier alpha value is -1.02. The molecular formula is C12H18O2. The van der Waals surface area contributed by atoms with Crippen molar-refractivity contribution < 1.29 is 9.84 Å². The minimum Gasteiger partial charge on any atom is -0.496 e. The van der Waals surface area contributed by atoms with Gasteiger partial charge in [0.15, 0.2) is 0 Å². The fourth-order valence-electron chi connectivity index (χ4n) is 1.52. The van der Waals surface area contributed by atoms with Crippen molar-refractivity contribution in [1.29, 1.82) is 0 Å². The first kappa shape index (κ1) is 11.1. The molecule has 0 aliphatic rings. The molecule has 0 aliphatic heterocycles. The average Bonchev–Trinajstić information content (AvgIpc) is 2.10. The first-order valence-electron chi connectivity index (χ1n) is 4.86. The van der Waals surface area contributed by atoms with Crippen LogP contribution in [0.4, 0.5) is 0 Å². The third kappa shape index (κ3) is 2.48. The number of methoxy groups -OCH3 is 1. The highest BCUT2D eigenvalue weighted by Gasteiger charge is 2.08. The smallest absolute Gasteiger partial charge is 0.122 e. The summed E-state index contributed by atoms with van der Waals surface area (Å²) in [6, 6.07) is 4.11. The number of rotatable bonds is 3. The second-order valence-corrected chi connectivity index (χ2v) is 3.80. The summed E-state index contributed by atoms with van der Waals surface area (Å²) < 4.78 is 5.27. The molecule has 0 aliphatic carbocycles. The van der Waals surface area contributed by atoms with Crippen molar-refractivity contribution in [3.8, 4) is 5.75 Å². The van der Waals surface area contributed by atoms with Crippen LogP contribution in [0.2, 0.25) is 0 Å². The zero-order valence-electron chi connectivity index (χ0n) is 9.29. The Balaban J connectivity index is 3.07. The summed E-state index contributed by atoms with van der Waals surface area (Å²) in [6.07, 6.45) is 0.315. The van der Waals surface area contributed by atoms with Crippen molar-refractivity contribution >= 4 is 0 Å². The molecule has 0 spiro atoms. The predicted octanol–water partition coefficient (Wildman–Crippen LogP) is 2.24. The van der Waals surface area contributed by atoms with E-state index in [0.717, 1.165) is 11.3 Å². The van der Waals surface area contributed by atoms with E-state index in [2.05, 4.69) is 19.9 Å². The second-order valence-electron chi connectivity index (χ2n) is 3.80. The Morgan fingerprint density at radius 3 is 2.36 bits per heavy atom. The minimum atomic E-state index is -0.328. The summed E-state index contributed by atoms with van der Waals surface area (Å²) in [5, 5.41) is 9.33. The van der Waals surface area contributed by atoms with Gasteiger partial charge in [-0.3, -0.25) is 0 Å². The summed E-state index contributed by atoms with van der Waals surface area (Å²) >= 11 is 0. The number of hydrogen-bond acceptors (Lipinski definition) is 2. The zero-order valence-corrected chi connectivity index (χ0v) is 9.29. The first-order chi connectivity index (χ1) is 6.54. The van der Waals surface area contributed by atoms with Gasteiger partial charge in [-0.05, 0) is 43.5 Å². The van der Waals surface area contributed by atoms with Gasteiger partial charge in [0.25, 0.3) is 0 Å². The number of aryl methyl sites for hydroxylation is 2. The number of aliphatic hydroxyl groups excluding tert-OH is 1. The Morgan fingerprint density at radius 1 is 1.29 bits per heavy atom. The number of aliphatic hydroxyl groups is 1. The van der Waals surface area contributed by atoms with E-state index in [-0.39, 0.29) is 6.10 Å². The topological polar surface area (TPSA) is 29.5 Å². The van der Waals surface area contributed by atoms with Crippen molar-refractivity contribution in [2.45, 2.75) is 33.3 Å². The maximum Gasteiger partial charge on any atom is 0.122 e. The molecule has 0 bridgehead atoms. The van der Waals surface area contributed by atoms with E-state index in [9.17, 15) is 5.11 Å². The number of ether oxygens (including phenoxy) is 1. The van der Waals surface area contributed by atoms with Gasteiger partial charge in [0.1, 0.15) is 5.75 Å². The van der Waals surface area contributed by atoms with Crippen LogP contribution >= 0.6 is 0 Å². The molecule has 0 radical (unpaired) electrons. The Labute approximate surface area is 85.5 Å². The quantitative estimate of drug-likeness (QED) is 0.799. The normalized spacial score (nSPS) is 12.6. The van der Waals surface area contributed by atoms with E-state index < -0.39 is 0 Å². The van der Waals surface area contributed by atoms with Gasteiger partial charge in [-0.25, -0.2) is 0 Å². The molecule has 0 saturated carbocycles. The third-order valence-corrected chi connectivity index (χ3v) is 2.41. The molecule has 14 heavy (non-hydrogen) atoms. The van der Waals surface area contributed by atoms with Crippen molar-refractivity contribution in [1.82, 2.24) is 0 Å². The molecule has 2 nitrogen and oxygen atoms in total. The number of benzene rings is 1. The Kier molecular flexibility index (Phi) is 3.53. The lowest BCUT2D eigenvalue weighted by Gasteiger charge is -2.12. The van der Waals surface area contributed by atoms with Crippen LogP contribution in [-0.4, -0.2) is 18.3 Å². The van der Waals surface area contributed by atoms with E-state index in [1.54, 1.807) is 14.0 Å². The van der Waals surface area contributed by atoms with E-state index in [4.69, 9.17) is 4.74 Å². The van der Waals surface area contributed by atoms with Crippen molar-refractivity contribution in [3.63, 3.8) is 0 Å². The van der Waals surface area contributed by atoms with Crippen molar-refractivity contribution in [2.75, 3.05) is 7.11 Å². The third-order valence-electron chi connectivity index (χ3n) is 2.41.